The van der Waals surface area contributed by atoms with Gasteiger partial charge in [0.15, 0.2) is 0 Å². The summed E-state index contributed by atoms with van der Waals surface area (Å²) in [6.07, 6.45) is 1.62. The molecule has 1 atom stereocenters. The van der Waals surface area contributed by atoms with Gasteiger partial charge in [0.1, 0.15) is 11.4 Å². The van der Waals surface area contributed by atoms with Crippen molar-refractivity contribution in [1.82, 2.24) is 20.5 Å². The number of anilines is 1. The van der Waals surface area contributed by atoms with Crippen molar-refractivity contribution in [3.05, 3.63) is 40.3 Å². The van der Waals surface area contributed by atoms with Gasteiger partial charge in [-0.05, 0) is 39.0 Å². The summed E-state index contributed by atoms with van der Waals surface area (Å²) in [4.78, 5) is 30.5. The van der Waals surface area contributed by atoms with Crippen LogP contribution in [0.3, 0.4) is 0 Å². The van der Waals surface area contributed by atoms with Crippen molar-refractivity contribution in [3.63, 3.8) is 0 Å². The molecule has 0 aliphatic rings. The van der Waals surface area contributed by atoms with Crippen molar-refractivity contribution in [2.75, 3.05) is 19.0 Å². The van der Waals surface area contributed by atoms with E-state index in [4.69, 9.17) is 0 Å². The number of carbonyl (C=O) groups excluding carboxylic acids is 1. The molecule has 0 fully saturated rings. The van der Waals surface area contributed by atoms with Crippen LogP contribution in [0.1, 0.15) is 31.1 Å². The Hall–Kier alpha value is -2.74. The Morgan fingerprint density at radius 1 is 1.36 bits per heavy atom. The van der Waals surface area contributed by atoms with E-state index in [0.717, 1.165) is 5.82 Å². The van der Waals surface area contributed by atoms with E-state index < -0.39 is 23.1 Å². The van der Waals surface area contributed by atoms with E-state index in [1.54, 1.807) is 27.0 Å². The Morgan fingerprint density at radius 2 is 2.04 bits per heavy atom. The maximum absolute atomic E-state index is 12.4. The standard InChI is InChI=1S/C17H23N5O3/c1-10(17(2,3)25)19-15(23)12-8-13(20-21-16(12)24)11-6-7-14(18-9-11)22(4)5/h6-10,25H,1-5H3,(H,19,23)(H,21,24). The number of amides is 1. The predicted molar refractivity (Wildman–Crippen MR) is 95.6 cm³/mol. The molecule has 8 nitrogen and oxygen atoms in total. The van der Waals surface area contributed by atoms with Crippen LogP contribution in [0.4, 0.5) is 5.82 Å². The average Bonchev–Trinajstić information content (AvgIpc) is 2.54. The van der Waals surface area contributed by atoms with E-state index in [2.05, 4.69) is 20.5 Å². The Bertz CT molecular complexity index is 806. The van der Waals surface area contributed by atoms with Gasteiger partial charge in [0, 0.05) is 25.9 Å². The zero-order valence-corrected chi connectivity index (χ0v) is 15.0. The van der Waals surface area contributed by atoms with Gasteiger partial charge in [0.05, 0.1) is 17.3 Å². The third kappa shape index (κ3) is 4.42. The first-order valence-electron chi connectivity index (χ1n) is 7.86. The van der Waals surface area contributed by atoms with Gasteiger partial charge in [-0.2, -0.15) is 5.10 Å². The van der Waals surface area contributed by atoms with Crippen LogP contribution in [0, 0.1) is 0 Å². The fourth-order valence-corrected chi connectivity index (χ4v) is 1.98. The van der Waals surface area contributed by atoms with Crippen LogP contribution in [0.2, 0.25) is 0 Å². The highest BCUT2D eigenvalue weighted by atomic mass is 16.3. The van der Waals surface area contributed by atoms with Crippen LogP contribution in [-0.4, -0.2) is 51.9 Å². The molecule has 1 amide bonds. The van der Waals surface area contributed by atoms with Crippen LogP contribution in [0.25, 0.3) is 11.3 Å². The third-order valence-corrected chi connectivity index (χ3v) is 3.96. The fourth-order valence-electron chi connectivity index (χ4n) is 1.98. The zero-order valence-electron chi connectivity index (χ0n) is 15.0. The second-order valence-corrected chi connectivity index (χ2v) is 6.64. The molecule has 1 unspecified atom stereocenters. The van der Waals surface area contributed by atoms with E-state index in [1.165, 1.54) is 6.07 Å². The van der Waals surface area contributed by atoms with Crippen LogP contribution in [0.15, 0.2) is 29.2 Å². The number of pyridine rings is 1. The first-order valence-corrected chi connectivity index (χ1v) is 7.86. The molecule has 0 spiro atoms. The van der Waals surface area contributed by atoms with Crippen LogP contribution in [0.5, 0.6) is 0 Å². The number of aromatic amines is 1. The predicted octanol–water partition coefficient (Wildman–Crippen LogP) is 0.787. The summed E-state index contributed by atoms with van der Waals surface area (Å²) < 4.78 is 0. The minimum absolute atomic E-state index is 0.0715. The Labute approximate surface area is 145 Å². The molecule has 0 aliphatic carbocycles. The van der Waals surface area contributed by atoms with Gasteiger partial charge in [-0.3, -0.25) is 9.59 Å². The molecule has 134 valence electrons. The summed E-state index contributed by atoms with van der Waals surface area (Å²) in [5.41, 5.74) is -0.672. The van der Waals surface area contributed by atoms with Crippen LogP contribution < -0.4 is 15.8 Å². The lowest BCUT2D eigenvalue weighted by Gasteiger charge is -2.26. The molecule has 25 heavy (non-hydrogen) atoms. The fraction of sp³-hybridized carbons (Fsp3) is 0.412. The summed E-state index contributed by atoms with van der Waals surface area (Å²) in [6.45, 7) is 4.83. The maximum Gasteiger partial charge on any atom is 0.277 e. The molecule has 2 aromatic rings. The van der Waals surface area contributed by atoms with Gasteiger partial charge in [0.2, 0.25) is 0 Å². The minimum atomic E-state index is -1.11. The molecule has 0 saturated carbocycles. The number of carbonyl (C=O) groups is 1. The first kappa shape index (κ1) is 18.6. The van der Waals surface area contributed by atoms with Gasteiger partial charge in [0.25, 0.3) is 11.5 Å². The maximum atomic E-state index is 12.4. The van der Waals surface area contributed by atoms with E-state index in [0.29, 0.717) is 11.3 Å². The molecule has 2 rings (SSSR count). The topological polar surface area (TPSA) is 111 Å². The molecule has 8 heteroatoms. The molecule has 0 aromatic carbocycles. The number of hydrogen-bond acceptors (Lipinski definition) is 6. The third-order valence-electron chi connectivity index (χ3n) is 3.96. The number of aromatic nitrogens is 3. The van der Waals surface area contributed by atoms with Crippen LogP contribution >= 0.6 is 0 Å². The number of hydrogen-bond donors (Lipinski definition) is 3. The van der Waals surface area contributed by atoms with E-state index in [9.17, 15) is 14.7 Å². The highest BCUT2D eigenvalue weighted by Crippen LogP contribution is 2.18. The molecule has 0 aliphatic heterocycles. The lowest BCUT2D eigenvalue weighted by molar-refractivity contribution is 0.0408. The van der Waals surface area contributed by atoms with E-state index in [-0.39, 0.29) is 5.56 Å². The number of aliphatic hydroxyl groups is 1. The van der Waals surface area contributed by atoms with Crippen molar-refractivity contribution in [2.24, 2.45) is 0 Å². The summed E-state index contributed by atoms with van der Waals surface area (Å²) in [6, 6.07) is 4.51. The number of H-pyrrole nitrogens is 1. The monoisotopic (exact) mass is 345 g/mol. The van der Waals surface area contributed by atoms with Gasteiger partial charge >= 0.3 is 0 Å². The number of nitrogens with one attached hydrogen (secondary N) is 2. The van der Waals surface area contributed by atoms with Crippen molar-refractivity contribution in [1.29, 1.82) is 0 Å². The molecule has 2 heterocycles. The molecule has 0 bridgehead atoms. The molecule has 0 saturated heterocycles. The van der Waals surface area contributed by atoms with E-state index >= 15 is 0 Å². The summed E-state index contributed by atoms with van der Waals surface area (Å²) in [5, 5.41) is 18.9. The van der Waals surface area contributed by atoms with Gasteiger partial charge in [-0.15, -0.1) is 0 Å². The van der Waals surface area contributed by atoms with Gasteiger partial charge < -0.3 is 15.3 Å². The number of rotatable bonds is 5. The average molecular weight is 345 g/mol. The largest absolute Gasteiger partial charge is 0.388 e. The molecular formula is C17H23N5O3. The van der Waals surface area contributed by atoms with Crippen LogP contribution in [-0.2, 0) is 0 Å². The zero-order chi connectivity index (χ0) is 18.8. The van der Waals surface area contributed by atoms with Gasteiger partial charge in [-0.25, -0.2) is 10.1 Å². The summed E-state index contributed by atoms with van der Waals surface area (Å²) in [5.74, 6) is 0.211. The normalized spacial score (nSPS) is 12.6. The summed E-state index contributed by atoms with van der Waals surface area (Å²) >= 11 is 0. The van der Waals surface area contributed by atoms with Gasteiger partial charge in [-0.1, -0.05) is 0 Å². The smallest absolute Gasteiger partial charge is 0.277 e. The lowest BCUT2D eigenvalue weighted by atomic mass is 10.0. The quantitative estimate of drug-likeness (QED) is 0.739. The minimum Gasteiger partial charge on any atom is -0.388 e. The number of nitrogens with zero attached hydrogens (tertiary/aromatic N) is 3. The van der Waals surface area contributed by atoms with Crippen molar-refractivity contribution >= 4 is 11.7 Å². The first-order chi connectivity index (χ1) is 11.6. The molecule has 3 N–H and O–H groups in total. The van der Waals surface area contributed by atoms with Crippen molar-refractivity contribution in [2.45, 2.75) is 32.4 Å². The summed E-state index contributed by atoms with van der Waals surface area (Å²) in [7, 11) is 3.76. The highest BCUT2D eigenvalue weighted by Gasteiger charge is 2.25. The van der Waals surface area contributed by atoms with E-state index in [1.807, 2.05) is 31.1 Å². The molecule has 0 radical (unpaired) electrons. The second-order valence-electron chi connectivity index (χ2n) is 6.64. The lowest BCUT2D eigenvalue weighted by Crippen LogP contribution is -2.48. The SMILES string of the molecule is CC(NC(=O)c1cc(-c2ccc(N(C)C)nc2)n[nH]c1=O)C(C)(C)O. The van der Waals surface area contributed by atoms with Crippen molar-refractivity contribution in [3.8, 4) is 11.3 Å². The Morgan fingerprint density at radius 3 is 2.56 bits per heavy atom. The molecule has 2 aromatic heterocycles. The Kier molecular flexibility index (Phi) is 5.22. The molecular weight excluding hydrogens is 322 g/mol. The highest BCUT2D eigenvalue weighted by molar-refractivity contribution is 5.94. The second kappa shape index (κ2) is 7.02. The Balaban J connectivity index is 2.31. The van der Waals surface area contributed by atoms with Crippen molar-refractivity contribution < 1.29 is 9.90 Å².